The molecule has 5 nitrogen and oxygen atoms in total. The Morgan fingerprint density at radius 2 is 1.73 bits per heavy atom. The zero-order chi connectivity index (χ0) is 19.2. The fraction of sp³-hybridized carbons (Fsp3) is 0.650. The highest BCUT2D eigenvalue weighted by Gasteiger charge is 2.24. The van der Waals surface area contributed by atoms with Crippen molar-refractivity contribution in [1.82, 2.24) is 9.62 Å². The number of carbonyl (C=O) groups excluding carboxylic acids is 1. The van der Waals surface area contributed by atoms with Gasteiger partial charge in [-0.3, -0.25) is 4.79 Å². The van der Waals surface area contributed by atoms with Gasteiger partial charge in [-0.2, -0.15) is 4.31 Å². The number of benzene rings is 1. The molecule has 0 heterocycles. The average Bonchev–Trinajstić information content (AvgIpc) is 2.61. The van der Waals surface area contributed by atoms with E-state index in [4.69, 9.17) is 0 Å². The lowest BCUT2D eigenvalue weighted by molar-refractivity contribution is 0.0921. The van der Waals surface area contributed by atoms with E-state index in [9.17, 15) is 13.2 Å². The van der Waals surface area contributed by atoms with Crippen LogP contribution < -0.4 is 5.32 Å². The van der Waals surface area contributed by atoms with Crippen LogP contribution in [0.25, 0.3) is 0 Å². The van der Waals surface area contributed by atoms with Crippen molar-refractivity contribution in [1.29, 1.82) is 0 Å². The van der Waals surface area contributed by atoms with Gasteiger partial charge in [-0.25, -0.2) is 8.42 Å². The van der Waals surface area contributed by atoms with E-state index in [0.29, 0.717) is 24.6 Å². The summed E-state index contributed by atoms with van der Waals surface area (Å²) in [5, 5.41) is 3.09. The van der Waals surface area contributed by atoms with Gasteiger partial charge in [-0.05, 0) is 55.9 Å². The van der Waals surface area contributed by atoms with Crippen LogP contribution in [0.3, 0.4) is 0 Å². The quantitative estimate of drug-likeness (QED) is 0.746. The van der Waals surface area contributed by atoms with Crippen molar-refractivity contribution in [3.63, 3.8) is 0 Å². The van der Waals surface area contributed by atoms with Crippen molar-refractivity contribution < 1.29 is 13.2 Å². The molecular formula is C20H32N2O3S. The van der Waals surface area contributed by atoms with Gasteiger partial charge in [0, 0.05) is 24.7 Å². The normalized spacial score (nSPS) is 20.9. The molecule has 2 rings (SSSR count). The van der Waals surface area contributed by atoms with E-state index in [2.05, 4.69) is 12.2 Å². The highest BCUT2D eigenvalue weighted by molar-refractivity contribution is 7.89. The van der Waals surface area contributed by atoms with Crippen LogP contribution in [0, 0.1) is 5.92 Å². The van der Waals surface area contributed by atoms with Gasteiger partial charge in [0.05, 0.1) is 4.90 Å². The topological polar surface area (TPSA) is 66.5 Å². The number of rotatable bonds is 8. The molecule has 146 valence electrons. The molecular weight excluding hydrogens is 348 g/mol. The number of nitrogens with one attached hydrogen (secondary N) is 1. The standard InChI is InChI=1S/C20H32N2O3S/c1-4-13-22(14-5-2)26(24,25)19-11-9-17(10-12-19)20(23)21-18-8-6-7-16(3)15-18/h9-12,16,18H,4-8,13-15H2,1-3H3,(H,21,23). The van der Waals surface area contributed by atoms with Crippen molar-refractivity contribution in [2.45, 2.75) is 70.2 Å². The third-order valence-corrected chi connectivity index (χ3v) is 6.88. The maximum absolute atomic E-state index is 12.8. The molecule has 2 atom stereocenters. The fourth-order valence-corrected chi connectivity index (χ4v) is 5.24. The van der Waals surface area contributed by atoms with Gasteiger partial charge in [-0.15, -0.1) is 0 Å². The second kappa shape index (κ2) is 9.51. The summed E-state index contributed by atoms with van der Waals surface area (Å²) in [4.78, 5) is 12.7. The molecule has 1 aromatic carbocycles. The minimum absolute atomic E-state index is 0.118. The summed E-state index contributed by atoms with van der Waals surface area (Å²) in [5.74, 6) is 0.525. The van der Waals surface area contributed by atoms with Gasteiger partial charge >= 0.3 is 0 Å². The van der Waals surface area contributed by atoms with Gasteiger partial charge in [0.15, 0.2) is 0 Å². The van der Waals surface area contributed by atoms with E-state index in [1.807, 2.05) is 13.8 Å². The zero-order valence-corrected chi connectivity index (χ0v) is 17.0. The Kier molecular flexibility index (Phi) is 7.65. The Labute approximate surface area is 158 Å². The lowest BCUT2D eigenvalue weighted by Crippen LogP contribution is -2.38. The van der Waals surface area contributed by atoms with E-state index in [0.717, 1.165) is 32.1 Å². The SMILES string of the molecule is CCCN(CCC)S(=O)(=O)c1ccc(C(=O)NC2CCCC(C)C2)cc1. The molecule has 26 heavy (non-hydrogen) atoms. The number of sulfonamides is 1. The molecule has 1 saturated carbocycles. The van der Waals surface area contributed by atoms with Crippen LogP contribution in [0.2, 0.25) is 0 Å². The van der Waals surface area contributed by atoms with E-state index in [-0.39, 0.29) is 16.8 Å². The van der Waals surface area contributed by atoms with Crippen LogP contribution in [0.1, 0.15) is 69.7 Å². The monoisotopic (exact) mass is 380 g/mol. The van der Waals surface area contributed by atoms with Gasteiger partial charge < -0.3 is 5.32 Å². The number of hydrogen-bond donors (Lipinski definition) is 1. The molecule has 0 spiro atoms. The molecule has 0 aromatic heterocycles. The molecule has 1 amide bonds. The molecule has 1 aliphatic carbocycles. The fourth-order valence-electron chi connectivity index (χ4n) is 3.61. The lowest BCUT2D eigenvalue weighted by Gasteiger charge is -2.27. The third kappa shape index (κ3) is 5.30. The summed E-state index contributed by atoms with van der Waals surface area (Å²) in [6.07, 6.45) is 5.96. The first-order valence-electron chi connectivity index (χ1n) is 9.79. The van der Waals surface area contributed by atoms with Gasteiger partial charge in [0.2, 0.25) is 10.0 Å². The van der Waals surface area contributed by atoms with E-state index in [1.54, 1.807) is 24.3 Å². The highest BCUT2D eigenvalue weighted by atomic mass is 32.2. The van der Waals surface area contributed by atoms with Crippen molar-refractivity contribution in [2.75, 3.05) is 13.1 Å². The molecule has 0 radical (unpaired) electrons. The maximum atomic E-state index is 12.8. The number of amides is 1. The Morgan fingerprint density at radius 3 is 2.27 bits per heavy atom. The summed E-state index contributed by atoms with van der Waals surface area (Å²) in [6.45, 7) is 7.18. The largest absolute Gasteiger partial charge is 0.349 e. The molecule has 0 aliphatic heterocycles. The molecule has 1 fully saturated rings. The molecule has 2 unspecified atom stereocenters. The molecule has 1 aliphatic rings. The Balaban J connectivity index is 2.07. The Morgan fingerprint density at radius 1 is 1.12 bits per heavy atom. The number of hydrogen-bond acceptors (Lipinski definition) is 3. The smallest absolute Gasteiger partial charge is 0.251 e. The molecule has 0 saturated heterocycles. The number of carbonyl (C=O) groups is 1. The second-order valence-corrected chi connectivity index (χ2v) is 9.31. The first-order valence-corrected chi connectivity index (χ1v) is 11.2. The highest BCUT2D eigenvalue weighted by Crippen LogP contribution is 2.24. The van der Waals surface area contributed by atoms with Crippen LogP contribution >= 0.6 is 0 Å². The Bertz CT molecular complexity index is 680. The predicted octanol–water partition coefficient (Wildman–Crippen LogP) is 3.81. The van der Waals surface area contributed by atoms with Crippen molar-refractivity contribution in [3.8, 4) is 0 Å². The summed E-state index contributed by atoms with van der Waals surface area (Å²) >= 11 is 0. The summed E-state index contributed by atoms with van der Waals surface area (Å²) in [7, 11) is -3.50. The summed E-state index contributed by atoms with van der Waals surface area (Å²) < 4.78 is 27.1. The molecule has 0 bridgehead atoms. The van der Waals surface area contributed by atoms with Crippen LogP contribution in [-0.4, -0.2) is 37.8 Å². The molecule has 1 N–H and O–H groups in total. The van der Waals surface area contributed by atoms with E-state index >= 15 is 0 Å². The summed E-state index contributed by atoms with van der Waals surface area (Å²) in [6, 6.07) is 6.55. The van der Waals surface area contributed by atoms with E-state index < -0.39 is 10.0 Å². The van der Waals surface area contributed by atoms with Gasteiger partial charge in [-0.1, -0.05) is 33.6 Å². The van der Waals surface area contributed by atoms with Gasteiger partial charge in [0.25, 0.3) is 5.91 Å². The lowest BCUT2D eigenvalue weighted by atomic mass is 9.87. The van der Waals surface area contributed by atoms with E-state index in [1.165, 1.54) is 10.7 Å². The first kappa shape index (κ1) is 20.9. The summed E-state index contributed by atoms with van der Waals surface area (Å²) in [5.41, 5.74) is 0.514. The third-order valence-electron chi connectivity index (χ3n) is 4.97. The second-order valence-electron chi connectivity index (χ2n) is 7.37. The van der Waals surface area contributed by atoms with Crippen LogP contribution in [0.15, 0.2) is 29.2 Å². The predicted molar refractivity (Wildman–Crippen MR) is 105 cm³/mol. The van der Waals surface area contributed by atoms with Crippen molar-refractivity contribution >= 4 is 15.9 Å². The maximum Gasteiger partial charge on any atom is 0.251 e. The van der Waals surface area contributed by atoms with Crippen LogP contribution in [0.4, 0.5) is 0 Å². The van der Waals surface area contributed by atoms with Crippen LogP contribution in [0.5, 0.6) is 0 Å². The average molecular weight is 381 g/mol. The first-order chi connectivity index (χ1) is 12.4. The van der Waals surface area contributed by atoms with Gasteiger partial charge in [0.1, 0.15) is 0 Å². The Hall–Kier alpha value is -1.40. The zero-order valence-electron chi connectivity index (χ0n) is 16.2. The van der Waals surface area contributed by atoms with Crippen molar-refractivity contribution in [2.24, 2.45) is 5.92 Å². The minimum atomic E-state index is -3.50. The molecule has 6 heteroatoms. The number of nitrogens with zero attached hydrogens (tertiary/aromatic N) is 1. The van der Waals surface area contributed by atoms with Crippen molar-refractivity contribution in [3.05, 3.63) is 29.8 Å². The minimum Gasteiger partial charge on any atom is -0.349 e. The molecule has 1 aromatic rings. The van der Waals surface area contributed by atoms with Crippen LogP contribution in [-0.2, 0) is 10.0 Å².